The Morgan fingerprint density at radius 3 is 2.15 bits per heavy atom. The van der Waals surface area contributed by atoms with Crippen molar-refractivity contribution in [2.45, 2.75) is 34.2 Å². The Kier molecular flexibility index (Phi) is 6.05. The molecular weight excluding hydrogens is 412 g/mol. The summed E-state index contributed by atoms with van der Waals surface area (Å²) >= 11 is 0. The molecule has 0 radical (unpaired) electrons. The van der Waals surface area contributed by atoms with Gasteiger partial charge < -0.3 is 10.1 Å². The van der Waals surface area contributed by atoms with Crippen molar-refractivity contribution in [3.8, 4) is 5.75 Å². The Labute approximate surface area is 194 Å². The van der Waals surface area contributed by atoms with E-state index in [4.69, 9.17) is 4.74 Å². The molecule has 1 heterocycles. The molecule has 1 N–H and O–H groups in total. The standard InChI is InChI=1S/C28H28N2O3/c1-17-6-7-19(3)24(14-17)29-26-25(22-11-8-18(2)20(4)15-22)27(31)30(28(26)32)16-21-9-12-23(33-5)13-10-21/h6-15,29H,16H2,1-5H3. The molecule has 0 aromatic heterocycles. The fourth-order valence-electron chi connectivity index (χ4n) is 3.92. The van der Waals surface area contributed by atoms with Gasteiger partial charge in [0.05, 0.1) is 19.2 Å². The van der Waals surface area contributed by atoms with Gasteiger partial charge in [0, 0.05) is 5.69 Å². The molecule has 0 atom stereocenters. The lowest BCUT2D eigenvalue weighted by Crippen LogP contribution is -2.32. The van der Waals surface area contributed by atoms with E-state index in [9.17, 15) is 9.59 Å². The first-order valence-electron chi connectivity index (χ1n) is 10.9. The summed E-state index contributed by atoms with van der Waals surface area (Å²) in [5, 5.41) is 3.29. The lowest BCUT2D eigenvalue weighted by Gasteiger charge is -2.16. The normalized spacial score (nSPS) is 13.7. The maximum Gasteiger partial charge on any atom is 0.278 e. The molecule has 0 unspecified atom stereocenters. The van der Waals surface area contributed by atoms with Gasteiger partial charge >= 0.3 is 0 Å². The van der Waals surface area contributed by atoms with Gasteiger partial charge in [-0.3, -0.25) is 14.5 Å². The molecule has 3 aromatic rings. The van der Waals surface area contributed by atoms with Crippen LogP contribution in [0.25, 0.3) is 5.57 Å². The fraction of sp³-hybridized carbons (Fsp3) is 0.214. The number of carbonyl (C=O) groups is 2. The summed E-state index contributed by atoms with van der Waals surface area (Å²) in [5.41, 5.74) is 7.40. The van der Waals surface area contributed by atoms with Crippen LogP contribution < -0.4 is 10.1 Å². The van der Waals surface area contributed by atoms with Crippen LogP contribution in [-0.4, -0.2) is 23.8 Å². The minimum absolute atomic E-state index is 0.188. The Bertz CT molecular complexity index is 1270. The number of nitrogens with zero attached hydrogens (tertiary/aromatic N) is 1. The van der Waals surface area contributed by atoms with E-state index >= 15 is 0 Å². The molecular formula is C28H28N2O3. The Morgan fingerprint density at radius 2 is 1.48 bits per heavy atom. The molecule has 1 aliphatic rings. The smallest absolute Gasteiger partial charge is 0.278 e. The van der Waals surface area contributed by atoms with Gasteiger partial charge in [0.15, 0.2) is 0 Å². The lowest BCUT2D eigenvalue weighted by molar-refractivity contribution is -0.137. The molecule has 0 saturated carbocycles. The van der Waals surface area contributed by atoms with Gasteiger partial charge in [0.2, 0.25) is 0 Å². The van der Waals surface area contributed by atoms with Gasteiger partial charge in [-0.2, -0.15) is 0 Å². The molecule has 2 amide bonds. The van der Waals surface area contributed by atoms with Gasteiger partial charge in [0.25, 0.3) is 11.8 Å². The zero-order valence-electron chi connectivity index (χ0n) is 19.7. The molecule has 4 rings (SSSR count). The van der Waals surface area contributed by atoms with Gasteiger partial charge in [-0.15, -0.1) is 0 Å². The molecule has 0 saturated heterocycles. The van der Waals surface area contributed by atoms with Crippen LogP contribution in [0.1, 0.15) is 33.4 Å². The molecule has 5 heteroatoms. The minimum atomic E-state index is -0.329. The Balaban J connectivity index is 1.76. The Morgan fingerprint density at radius 1 is 0.788 bits per heavy atom. The quantitative estimate of drug-likeness (QED) is 0.527. The number of hydrogen-bond donors (Lipinski definition) is 1. The van der Waals surface area contributed by atoms with Crippen LogP contribution in [0.4, 0.5) is 5.69 Å². The highest BCUT2D eigenvalue weighted by Gasteiger charge is 2.39. The number of nitrogens with one attached hydrogen (secondary N) is 1. The van der Waals surface area contributed by atoms with Crippen molar-refractivity contribution < 1.29 is 14.3 Å². The van der Waals surface area contributed by atoms with E-state index in [1.54, 1.807) is 7.11 Å². The largest absolute Gasteiger partial charge is 0.497 e. The highest BCUT2D eigenvalue weighted by atomic mass is 16.5. The SMILES string of the molecule is COc1ccc(CN2C(=O)C(Nc3cc(C)ccc3C)=C(c3ccc(C)c(C)c3)C2=O)cc1. The van der Waals surface area contributed by atoms with Crippen molar-refractivity contribution in [1.29, 1.82) is 0 Å². The highest BCUT2D eigenvalue weighted by Crippen LogP contribution is 2.33. The number of rotatable bonds is 6. The molecule has 0 bridgehead atoms. The zero-order chi connectivity index (χ0) is 23.7. The second-order valence-electron chi connectivity index (χ2n) is 8.54. The first kappa shape index (κ1) is 22.3. The number of anilines is 1. The molecule has 33 heavy (non-hydrogen) atoms. The topological polar surface area (TPSA) is 58.6 Å². The number of benzene rings is 3. The monoisotopic (exact) mass is 440 g/mol. The maximum absolute atomic E-state index is 13.6. The average molecular weight is 441 g/mol. The predicted molar refractivity (Wildman–Crippen MR) is 131 cm³/mol. The number of imide groups is 1. The molecule has 0 fully saturated rings. The second-order valence-corrected chi connectivity index (χ2v) is 8.54. The maximum atomic E-state index is 13.6. The minimum Gasteiger partial charge on any atom is -0.497 e. The third-order valence-corrected chi connectivity index (χ3v) is 6.12. The van der Waals surface area contributed by atoms with Crippen molar-refractivity contribution in [3.63, 3.8) is 0 Å². The van der Waals surface area contributed by atoms with E-state index in [1.165, 1.54) is 4.90 Å². The summed E-state index contributed by atoms with van der Waals surface area (Å²) in [6.45, 7) is 8.21. The van der Waals surface area contributed by atoms with Crippen molar-refractivity contribution in [2.75, 3.05) is 12.4 Å². The van der Waals surface area contributed by atoms with Crippen LogP contribution in [0.15, 0.2) is 66.4 Å². The molecule has 168 valence electrons. The van der Waals surface area contributed by atoms with E-state index < -0.39 is 0 Å². The Hall–Kier alpha value is -3.86. The summed E-state index contributed by atoms with van der Waals surface area (Å²) in [7, 11) is 1.60. The van der Waals surface area contributed by atoms with Crippen LogP contribution >= 0.6 is 0 Å². The first-order valence-corrected chi connectivity index (χ1v) is 10.9. The van der Waals surface area contributed by atoms with Gasteiger partial charge in [-0.05, 0) is 79.3 Å². The number of methoxy groups -OCH3 is 1. The van der Waals surface area contributed by atoms with E-state index in [0.29, 0.717) is 11.3 Å². The third-order valence-electron chi connectivity index (χ3n) is 6.12. The first-order chi connectivity index (χ1) is 15.8. The van der Waals surface area contributed by atoms with Gasteiger partial charge in [-0.25, -0.2) is 0 Å². The van der Waals surface area contributed by atoms with Crippen LogP contribution in [-0.2, 0) is 16.1 Å². The molecule has 3 aromatic carbocycles. The zero-order valence-corrected chi connectivity index (χ0v) is 19.7. The van der Waals surface area contributed by atoms with E-state index in [1.807, 2.05) is 88.4 Å². The van der Waals surface area contributed by atoms with Crippen molar-refractivity contribution in [1.82, 2.24) is 4.90 Å². The molecule has 5 nitrogen and oxygen atoms in total. The van der Waals surface area contributed by atoms with E-state index in [2.05, 4.69) is 5.32 Å². The third kappa shape index (κ3) is 4.40. The van der Waals surface area contributed by atoms with Crippen molar-refractivity contribution in [2.24, 2.45) is 0 Å². The number of amides is 2. The van der Waals surface area contributed by atoms with Crippen LogP contribution in [0.2, 0.25) is 0 Å². The summed E-state index contributed by atoms with van der Waals surface area (Å²) in [6, 6.07) is 19.3. The van der Waals surface area contributed by atoms with Crippen LogP contribution in [0.3, 0.4) is 0 Å². The number of ether oxygens (including phenoxy) is 1. The summed E-state index contributed by atoms with van der Waals surface area (Å²) in [6.07, 6.45) is 0. The van der Waals surface area contributed by atoms with Crippen LogP contribution in [0.5, 0.6) is 5.75 Å². The summed E-state index contributed by atoms with van der Waals surface area (Å²) in [4.78, 5) is 28.4. The fourth-order valence-corrected chi connectivity index (χ4v) is 3.92. The number of aryl methyl sites for hydroxylation is 4. The summed E-state index contributed by atoms with van der Waals surface area (Å²) in [5.74, 6) is 0.0980. The second kappa shape index (κ2) is 8.94. The van der Waals surface area contributed by atoms with E-state index in [0.717, 1.165) is 44.8 Å². The molecule has 0 aliphatic carbocycles. The average Bonchev–Trinajstić information content (AvgIpc) is 3.03. The predicted octanol–water partition coefficient (Wildman–Crippen LogP) is 5.32. The van der Waals surface area contributed by atoms with Gasteiger partial charge in [-0.1, -0.05) is 42.5 Å². The van der Waals surface area contributed by atoms with Crippen molar-refractivity contribution >= 4 is 23.1 Å². The van der Waals surface area contributed by atoms with Gasteiger partial charge in [0.1, 0.15) is 11.4 Å². The number of carbonyl (C=O) groups excluding carboxylic acids is 2. The number of hydrogen-bond acceptors (Lipinski definition) is 4. The van der Waals surface area contributed by atoms with Crippen LogP contribution in [0, 0.1) is 27.7 Å². The summed E-state index contributed by atoms with van der Waals surface area (Å²) < 4.78 is 5.22. The molecule has 1 aliphatic heterocycles. The van der Waals surface area contributed by atoms with Crippen molar-refractivity contribution in [3.05, 3.63) is 99.7 Å². The molecule has 0 spiro atoms. The highest BCUT2D eigenvalue weighted by molar-refractivity contribution is 6.36. The lowest BCUT2D eigenvalue weighted by atomic mass is 9.99. The van der Waals surface area contributed by atoms with E-state index in [-0.39, 0.29) is 18.4 Å².